The minimum Gasteiger partial charge on any atom is -0.395 e. The van der Waals surface area contributed by atoms with Crippen molar-refractivity contribution in [3.8, 4) is 0 Å². The SMILES string of the molecule is CCCN1CC(OC(C)(C)C)CC1CO. The summed E-state index contributed by atoms with van der Waals surface area (Å²) in [7, 11) is 0. The zero-order valence-electron chi connectivity index (χ0n) is 10.5. The average molecular weight is 215 g/mol. The number of likely N-dealkylation sites (tertiary alicyclic amines) is 1. The molecule has 2 unspecified atom stereocenters. The van der Waals surface area contributed by atoms with Crippen LogP contribution in [0, 0.1) is 0 Å². The summed E-state index contributed by atoms with van der Waals surface area (Å²) in [6, 6.07) is 0.303. The molecule has 1 heterocycles. The van der Waals surface area contributed by atoms with Gasteiger partial charge in [0.05, 0.1) is 18.3 Å². The van der Waals surface area contributed by atoms with E-state index in [1.54, 1.807) is 0 Å². The lowest BCUT2D eigenvalue weighted by Gasteiger charge is -2.25. The zero-order valence-corrected chi connectivity index (χ0v) is 10.5. The molecule has 1 saturated heterocycles. The summed E-state index contributed by atoms with van der Waals surface area (Å²) in [5, 5.41) is 9.28. The maximum atomic E-state index is 9.28. The van der Waals surface area contributed by atoms with Gasteiger partial charge >= 0.3 is 0 Å². The molecule has 0 aliphatic carbocycles. The minimum atomic E-state index is -0.0765. The number of hydrogen-bond acceptors (Lipinski definition) is 3. The van der Waals surface area contributed by atoms with Gasteiger partial charge in [-0.3, -0.25) is 4.90 Å². The van der Waals surface area contributed by atoms with Gasteiger partial charge in [0.1, 0.15) is 0 Å². The molecular formula is C12H25NO2. The van der Waals surface area contributed by atoms with Crippen LogP contribution < -0.4 is 0 Å². The molecule has 1 rings (SSSR count). The first kappa shape index (κ1) is 12.9. The standard InChI is InChI=1S/C12H25NO2/c1-5-6-13-8-11(7-10(13)9-14)15-12(2,3)4/h10-11,14H,5-9H2,1-4H3. The lowest BCUT2D eigenvalue weighted by molar-refractivity contribution is -0.0541. The van der Waals surface area contributed by atoms with E-state index in [1.165, 1.54) is 0 Å². The Morgan fingerprint density at radius 3 is 2.53 bits per heavy atom. The molecule has 0 aromatic carbocycles. The average Bonchev–Trinajstić information content (AvgIpc) is 2.45. The topological polar surface area (TPSA) is 32.7 Å². The maximum absolute atomic E-state index is 9.28. The molecule has 2 atom stereocenters. The largest absolute Gasteiger partial charge is 0.395 e. The van der Waals surface area contributed by atoms with E-state index in [1.807, 2.05) is 0 Å². The molecule has 1 aliphatic heterocycles. The van der Waals surface area contributed by atoms with Crippen molar-refractivity contribution in [2.75, 3.05) is 19.7 Å². The van der Waals surface area contributed by atoms with E-state index in [2.05, 4.69) is 32.6 Å². The number of rotatable bonds is 4. The van der Waals surface area contributed by atoms with Crippen molar-refractivity contribution < 1.29 is 9.84 Å². The first-order valence-electron chi connectivity index (χ1n) is 5.99. The molecular weight excluding hydrogens is 190 g/mol. The quantitative estimate of drug-likeness (QED) is 0.774. The molecule has 3 nitrogen and oxygen atoms in total. The van der Waals surface area contributed by atoms with E-state index < -0.39 is 0 Å². The predicted molar refractivity (Wildman–Crippen MR) is 62.0 cm³/mol. The Morgan fingerprint density at radius 1 is 1.40 bits per heavy atom. The zero-order chi connectivity index (χ0) is 11.5. The highest BCUT2D eigenvalue weighted by Gasteiger charge is 2.33. The summed E-state index contributed by atoms with van der Waals surface area (Å²) in [4.78, 5) is 2.34. The Kier molecular flexibility index (Phi) is 4.56. The fraction of sp³-hybridized carbons (Fsp3) is 1.00. The second-order valence-electron chi connectivity index (χ2n) is 5.42. The molecule has 1 N–H and O–H groups in total. The second-order valence-corrected chi connectivity index (χ2v) is 5.42. The van der Waals surface area contributed by atoms with Crippen molar-refractivity contribution >= 4 is 0 Å². The van der Waals surface area contributed by atoms with Crippen LogP contribution in [0.15, 0.2) is 0 Å². The lowest BCUT2D eigenvalue weighted by atomic mass is 10.1. The van der Waals surface area contributed by atoms with Crippen LogP contribution in [-0.2, 0) is 4.74 Å². The molecule has 0 aromatic heterocycles. The number of ether oxygens (including phenoxy) is 1. The van der Waals surface area contributed by atoms with Gasteiger partial charge in [0.15, 0.2) is 0 Å². The van der Waals surface area contributed by atoms with E-state index in [0.717, 1.165) is 25.9 Å². The molecule has 1 aliphatic rings. The van der Waals surface area contributed by atoms with Crippen LogP contribution in [-0.4, -0.2) is 47.4 Å². The van der Waals surface area contributed by atoms with Crippen molar-refractivity contribution in [2.24, 2.45) is 0 Å². The highest BCUT2D eigenvalue weighted by atomic mass is 16.5. The van der Waals surface area contributed by atoms with Crippen molar-refractivity contribution in [1.29, 1.82) is 0 Å². The molecule has 0 saturated carbocycles. The van der Waals surface area contributed by atoms with Gasteiger partial charge in [-0.2, -0.15) is 0 Å². The molecule has 0 aromatic rings. The van der Waals surface area contributed by atoms with Crippen molar-refractivity contribution in [2.45, 2.75) is 58.3 Å². The highest BCUT2D eigenvalue weighted by Crippen LogP contribution is 2.24. The third kappa shape index (κ3) is 4.09. The number of aliphatic hydroxyl groups is 1. The first-order valence-corrected chi connectivity index (χ1v) is 5.99. The predicted octanol–water partition coefficient (Wildman–Crippen LogP) is 1.65. The summed E-state index contributed by atoms with van der Waals surface area (Å²) < 4.78 is 5.95. The maximum Gasteiger partial charge on any atom is 0.0725 e. The monoisotopic (exact) mass is 215 g/mol. The number of aliphatic hydroxyl groups excluding tert-OH is 1. The molecule has 0 amide bonds. The van der Waals surface area contributed by atoms with Crippen LogP contribution in [0.4, 0.5) is 0 Å². The summed E-state index contributed by atoms with van der Waals surface area (Å²) >= 11 is 0. The van der Waals surface area contributed by atoms with Gasteiger partial charge in [0.2, 0.25) is 0 Å². The van der Waals surface area contributed by atoms with E-state index in [0.29, 0.717) is 6.04 Å². The summed E-state index contributed by atoms with van der Waals surface area (Å²) in [5.74, 6) is 0. The molecule has 90 valence electrons. The summed E-state index contributed by atoms with van der Waals surface area (Å²) in [5.41, 5.74) is -0.0765. The molecule has 0 bridgehead atoms. The third-order valence-electron chi connectivity index (χ3n) is 2.73. The van der Waals surface area contributed by atoms with E-state index >= 15 is 0 Å². The van der Waals surface area contributed by atoms with Gasteiger partial charge in [0, 0.05) is 12.6 Å². The van der Waals surface area contributed by atoms with Crippen molar-refractivity contribution in [3.05, 3.63) is 0 Å². The van der Waals surface area contributed by atoms with Gasteiger partial charge in [-0.05, 0) is 40.2 Å². The first-order chi connectivity index (χ1) is 6.96. The van der Waals surface area contributed by atoms with E-state index in [9.17, 15) is 5.11 Å². The number of hydrogen-bond donors (Lipinski definition) is 1. The Morgan fingerprint density at radius 2 is 2.07 bits per heavy atom. The highest BCUT2D eigenvalue weighted by molar-refractivity contribution is 4.86. The van der Waals surface area contributed by atoms with E-state index in [-0.39, 0.29) is 18.3 Å². The Bertz CT molecular complexity index is 189. The van der Waals surface area contributed by atoms with Gasteiger partial charge in [-0.25, -0.2) is 0 Å². The summed E-state index contributed by atoms with van der Waals surface area (Å²) in [6.45, 7) is 10.7. The molecule has 1 fully saturated rings. The van der Waals surface area contributed by atoms with Crippen LogP contribution in [0.2, 0.25) is 0 Å². The van der Waals surface area contributed by atoms with Crippen LogP contribution in [0.25, 0.3) is 0 Å². The normalized spacial score (nSPS) is 28.6. The van der Waals surface area contributed by atoms with Crippen LogP contribution in [0.5, 0.6) is 0 Å². The van der Waals surface area contributed by atoms with Gasteiger partial charge in [-0.15, -0.1) is 0 Å². The minimum absolute atomic E-state index is 0.0765. The smallest absolute Gasteiger partial charge is 0.0725 e. The third-order valence-corrected chi connectivity index (χ3v) is 2.73. The fourth-order valence-corrected chi connectivity index (χ4v) is 2.27. The Labute approximate surface area is 93.4 Å². The van der Waals surface area contributed by atoms with Crippen LogP contribution in [0.1, 0.15) is 40.5 Å². The van der Waals surface area contributed by atoms with E-state index in [4.69, 9.17) is 4.74 Å². The lowest BCUT2D eigenvalue weighted by Crippen LogP contribution is -2.33. The molecule has 0 spiro atoms. The fourth-order valence-electron chi connectivity index (χ4n) is 2.27. The molecule has 0 radical (unpaired) electrons. The van der Waals surface area contributed by atoms with Gasteiger partial charge in [0.25, 0.3) is 0 Å². The Hall–Kier alpha value is -0.120. The van der Waals surface area contributed by atoms with Crippen LogP contribution in [0.3, 0.4) is 0 Å². The van der Waals surface area contributed by atoms with Crippen LogP contribution >= 0.6 is 0 Å². The van der Waals surface area contributed by atoms with Gasteiger partial charge < -0.3 is 9.84 Å². The summed E-state index contributed by atoms with van der Waals surface area (Å²) in [6.07, 6.45) is 2.39. The number of nitrogens with zero attached hydrogens (tertiary/aromatic N) is 1. The molecule has 3 heteroatoms. The molecule has 15 heavy (non-hydrogen) atoms. The Balaban J connectivity index is 2.45. The second kappa shape index (κ2) is 5.28. The van der Waals surface area contributed by atoms with Crippen molar-refractivity contribution in [3.63, 3.8) is 0 Å². The van der Waals surface area contributed by atoms with Crippen molar-refractivity contribution in [1.82, 2.24) is 4.90 Å². The van der Waals surface area contributed by atoms with Gasteiger partial charge in [-0.1, -0.05) is 6.92 Å².